The number of fused-ring (bicyclic) bond motifs is 2. The molecule has 0 saturated carbocycles. The second-order valence-electron chi connectivity index (χ2n) is 7.36. The van der Waals surface area contributed by atoms with Crippen LogP contribution in [0.1, 0.15) is 28.7 Å². The van der Waals surface area contributed by atoms with Gasteiger partial charge in [-0.05, 0) is 41.7 Å². The van der Waals surface area contributed by atoms with E-state index < -0.39 is 41.7 Å². The van der Waals surface area contributed by atoms with Crippen molar-refractivity contribution < 1.29 is 27.6 Å². The van der Waals surface area contributed by atoms with E-state index >= 15 is 0 Å². The zero-order valence-corrected chi connectivity index (χ0v) is 15.8. The molecule has 30 heavy (non-hydrogen) atoms. The molecule has 9 heteroatoms. The van der Waals surface area contributed by atoms with Crippen molar-refractivity contribution in [2.45, 2.75) is 31.1 Å². The fraction of sp³-hybridized carbons (Fsp3) is 0.286. The number of nitrogens with zero attached hydrogens (tertiary/aromatic N) is 1. The third kappa shape index (κ3) is 3.40. The lowest BCUT2D eigenvalue weighted by Crippen LogP contribution is -2.43. The topological polar surface area (TPSA) is 78.5 Å². The van der Waals surface area contributed by atoms with Gasteiger partial charge in [0.2, 0.25) is 5.91 Å². The molecule has 1 spiro atoms. The second-order valence-corrected chi connectivity index (χ2v) is 7.36. The molecule has 1 saturated heterocycles. The molecule has 2 aliphatic rings. The van der Waals surface area contributed by atoms with Gasteiger partial charge in [0.1, 0.15) is 12.1 Å². The lowest BCUT2D eigenvalue weighted by Gasteiger charge is -2.22. The Morgan fingerprint density at radius 3 is 2.67 bits per heavy atom. The molecular weight excluding hydrogens is 399 g/mol. The molecule has 2 N–H and O–H groups in total. The maximum absolute atomic E-state index is 13.0. The lowest BCUT2D eigenvalue weighted by atomic mass is 9.92. The first-order valence-electron chi connectivity index (χ1n) is 9.36. The number of imide groups is 1. The Hall–Kier alpha value is -3.36. The summed E-state index contributed by atoms with van der Waals surface area (Å²) in [5.74, 6) is -1.13. The molecule has 1 aliphatic heterocycles. The minimum atomic E-state index is -4.48. The summed E-state index contributed by atoms with van der Waals surface area (Å²) < 4.78 is 38.4. The standard InChI is InChI=1S/C21H18F3N3O3/c22-21(23,24)15-6-3-4-13(10-15)11-25-17(28)12-27-18(29)20(26-19(27)30)9-8-14-5-1-2-7-16(14)20/h1-7,10H,8-9,11-12H2,(H,25,28)(H,26,30)/t20-/m1/s1. The predicted octanol–water partition coefficient (Wildman–Crippen LogP) is 2.72. The Morgan fingerprint density at radius 1 is 1.13 bits per heavy atom. The van der Waals surface area contributed by atoms with Gasteiger partial charge in [0.05, 0.1) is 5.56 Å². The van der Waals surface area contributed by atoms with Gasteiger partial charge in [0.25, 0.3) is 5.91 Å². The van der Waals surface area contributed by atoms with E-state index in [4.69, 9.17) is 0 Å². The molecular formula is C21H18F3N3O3. The van der Waals surface area contributed by atoms with Crippen molar-refractivity contribution in [3.8, 4) is 0 Å². The molecule has 2 aromatic carbocycles. The number of rotatable bonds is 4. The van der Waals surface area contributed by atoms with E-state index in [0.29, 0.717) is 12.8 Å². The molecule has 6 nitrogen and oxygen atoms in total. The zero-order chi connectivity index (χ0) is 21.5. The number of carbonyl (C=O) groups excluding carboxylic acids is 3. The molecule has 4 rings (SSSR count). The zero-order valence-electron chi connectivity index (χ0n) is 15.8. The van der Waals surface area contributed by atoms with Crippen LogP contribution < -0.4 is 10.6 Å². The van der Waals surface area contributed by atoms with E-state index in [1.807, 2.05) is 12.1 Å². The maximum Gasteiger partial charge on any atom is 0.416 e. The van der Waals surface area contributed by atoms with E-state index in [2.05, 4.69) is 10.6 Å². The molecule has 0 bridgehead atoms. The molecule has 156 valence electrons. The molecule has 0 radical (unpaired) electrons. The predicted molar refractivity (Wildman–Crippen MR) is 100.0 cm³/mol. The largest absolute Gasteiger partial charge is 0.416 e. The smallest absolute Gasteiger partial charge is 0.350 e. The van der Waals surface area contributed by atoms with E-state index in [1.54, 1.807) is 12.1 Å². The van der Waals surface area contributed by atoms with Crippen molar-refractivity contribution in [1.29, 1.82) is 0 Å². The van der Waals surface area contributed by atoms with Gasteiger partial charge >= 0.3 is 12.2 Å². The van der Waals surface area contributed by atoms with Gasteiger partial charge in [-0.1, -0.05) is 36.4 Å². The van der Waals surface area contributed by atoms with Gasteiger partial charge < -0.3 is 10.6 Å². The average molecular weight is 417 g/mol. The fourth-order valence-corrected chi connectivity index (χ4v) is 3.99. The highest BCUT2D eigenvalue weighted by molar-refractivity contribution is 6.09. The summed E-state index contributed by atoms with van der Waals surface area (Å²) in [7, 11) is 0. The highest BCUT2D eigenvalue weighted by Crippen LogP contribution is 2.41. The van der Waals surface area contributed by atoms with Gasteiger partial charge in [-0.25, -0.2) is 4.79 Å². The average Bonchev–Trinajstić information content (AvgIpc) is 3.19. The van der Waals surface area contributed by atoms with Crippen molar-refractivity contribution >= 4 is 17.8 Å². The molecule has 1 atom stereocenters. The molecule has 0 unspecified atom stereocenters. The first kappa shape index (κ1) is 19.9. The summed E-state index contributed by atoms with van der Waals surface area (Å²) in [4.78, 5) is 38.6. The first-order chi connectivity index (χ1) is 14.2. The number of urea groups is 1. The van der Waals surface area contributed by atoms with Crippen molar-refractivity contribution in [3.63, 3.8) is 0 Å². The van der Waals surface area contributed by atoms with Gasteiger partial charge in [-0.2, -0.15) is 13.2 Å². The fourth-order valence-electron chi connectivity index (χ4n) is 3.99. The second kappa shape index (κ2) is 7.16. The highest BCUT2D eigenvalue weighted by Gasteiger charge is 2.55. The Kier molecular flexibility index (Phi) is 4.76. The number of hydrogen-bond acceptors (Lipinski definition) is 3. The summed E-state index contributed by atoms with van der Waals surface area (Å²) >= 11 is 0. The van der Waals surface area contributed by atoms with Crippen LogP contribution >= 0.6 is 0 Å². The van der Waals surface area contributed by atoms with Crippen molar-refractivity contribution in [3.05, 3.63) is 70.8 Å². The number of nitrogens with one attached hydrogen (secondary N) is 2. The van der Waals surface area contributed by atoms with Crippen LogP contribution in [0.3, 0.4) is 0 Å². The number of alkyl halides is 3. The van der Waals surface area contributed by atoms with Crippen LogP contribution in [0.5, 0.6) is 0 Å². The van der Waals surface area contributed by atoms with Crippen molar-refractivity contribution in [2.24, 2.45) is 0 Å². The molecule has 2 aromatic rings. The summed E-state index contributed by atoms with van der Waals surface area (Å²) in [6, 6.07) is 11.3. The summed E-state index contributed by atoms with van der Waals surface area (Å²) in [5.41, 5.74) is -0.00591. The number of carbonyl (C=O) groups is 3. The Labute approximate surface area is 170 Å². The van der Waals surface area contributed by atoms with E-state index in [-0.39, 0.29) is 12.1 Å². The van der Waals surface area contributed by atoms with Crippen LogP contribution in [0.2, 0.25) is 0 Å². The Bertz CT molecular complexity index is 1040. The molecule has 0 aromatic heterocycles. The van der Waals surface area contributed by atoms with Crippen LogP contribution in [0.4, 0.5) is 18.0 Å². The van der Waals surface area contributed by atoms with Gasteiger partial charge in [0.15, 0.2) is 0 Å². The quantitative estimate of drug-likeness (QED) is 0.751. The number of hydrogen-bond donors (Lipinski definition) is 2. The van der Waals surface area contributed by atoms with Gasteiger partial charge in [-0.15, -0.1) is 0 Å². The SMILES string of the molecule is O=C(CN1C(=O)N[C@@]2(CCc3ccccc32)C1=O)NCc1cccc(C(F)(F)F)c1. The van der Waals surface area contributed by atoms with Crippen LogP contribution in [0, 0.1) is 0 Å². The van der Waals surface area contributed by atoms with Crippen molar-refractivity contribution in [1.82, 2.24) is 15.5 Å². The van der Waals surface area contributed by atoms with Gasteiger partial charge in [0, 0.05) is 6.54 Å². The third-order valence-corrected chi connectivity index (χ3v) is 5.47. The lowest BCUT2D eigenvalue weighted by molar-refractivity contribution is -0.137. The summed E-state index contributed by atoms with van der Waals surface area (Å²) in [6.45, 7) is -0.659. The van der Waals surface area contributed by atoms with Crippen LogP contribution in [0.15, 0.2) is 48.5 Å². The van der Waals surface area contributed by atoms with Crippen LogP contribution in [-0.2, 0) is 34.3 Å². The molecule has 1 heterocycles. The van der Waals surface area contributed by atoms with Crippen LogP contribution in [-0.4, -0.2) is 29.3 Å². The monoisotopic (exact) mass is 417 g/mol. The number of aryl methyl sites for hydroxylation is 1. The molecule has 1 fully saturated rings. The molecule has 1 aliphatic carbocycles. The summed E-state index contributed by atoms with van der Waals surface area (Å²) in [6.07, 6.45) is -3.43. The van der Waals surface area contributed by atoms with E-state index in [1.165, 1.54) is 12.1 Å². The molecule has 4 amide bonds. The number of amides is 4. The minimum absolute atomic E-state index is 0.152. The van der Waals surface area contributed by atoms with Gasteiger partial charge in [-0.3, -0.25) is 14.5 Å². The maximum atomic E-state index is 13.0. The van der Waals surface area contributed by atoms with E-state index in [0.717, 1.165) is 28.2 Å². The van der Waals surface area contributed by atoms with Crippen molar-refractivity contribution in [2.75, 3.05) is 6.54 Å². The highest BCUT2D eigenvalue weighted by atomic mass is 19.4. The third-order valence-electron chi connectivity index (χ3n) is 5.47. The normalized spacial score (nSPS) is 20.4. The number of benzene rings is 2. The van der Waals surface area contributed by atoms with E-state index in [9.17, 15) is 27.6 Å². The Balaban J connectivity index is 1.42. The summed E-state index contributed by atoms with van der Waals surface area (Å²) in [5, 5.41) is 5.18. The Morgan fingerprint density at radius 2 is 1.90 bits per heavy atom. The first-order valence-corrected chi connectivity index (χ1v) is 9.36. The number of halogens is 3. The van der Waals surface area contributed by atoms with Crippen LogP contribution in [0.25, 0.3) is 0 Å². The minimum Gasteiger partial charge on any atom is -0.350 e.